The molecular formula is C14H21FN2O. The summed E-state index contributed by atoms with van der Waals surface area (Å²) in [5.74, 6) is -0.373. The Morgan fingerprint density at radius 1 is 1.17 bits per heavy atom. The van der Waals surface area contributed by atoms with E-state index in [2.05, 4.69) is 0 Å². The summed E-state index contributed by atoms with van der Waals surface area (Å²) in [5.41, 5.74) is 6.57. The summed E-state index contributed by atoms with van der Waals surface area (Å²) in [4.78, 5) is 13.8. The number of halogens is 1. The van der Waals surface area contributed by atoms with Crippen LogP contribution in [0.5, 0.6) is 0 Å². The van der Waals surface area contributed by atoms with Gasteiger partial charge in [-0.3, -0.25) is 4.79 Å². The molecular weight excluding hydrogens is 231 g/mol. The number of nitrogens with two attached hydrogens (primary N) is 1. The van der Waals surface area contributed by atoms with E-state index in [0.29, 0.717) is 0 Å². The average Bonchev–Trinajstić information content (AvgIpc) is 2.29. The van der Waals surface area contributed by atoms with E-state index >= 15 is 0 Å². The fourth-order valence-electron chi connectivity index (χ4n) is 2.03. The van der Waals surface area contributed by atoms with Crippen molar-refractivity contribution in [2.75, 3.05) is 0 Å². The standard InChI is InChI=1S/C14H21FN2O/c1-9(2)17(14(18)10(3)16)11(4)12-5-7-13(15)8-6-12/h5-11H,16H2,1-4H3/t10-,11+/m0/s1. The van der Waals surface area contributed by atoms with E-state index in [1.807, 2.05) is 20.8 Å². The molecule has 0 spiro atoms. The maximum absolute atomic E-state index is 12.9. The van der Waals surface area contributed by atoms with Crippen molar-refractivity contribution in [1.82, 2.24) is 4.90 Å². The molecule has 1 amide bonds. The Labute approximate surface area is 108 Å². The molecule has 0 fully saturated rings. The first kappa shape index (κ1) is 14.6. The van der Waals surface area contributed by atoms with Gasteiger partial charge in [-0.1, -0.05) is 12.1 Å². The van der Waals surface area contributed by atoms with Gasteiger partial charge in [-0.2, -0.15) is 0 Å². The highest BCUT2D eigenvalue weighted by Crippen LogP contribution is 2.23. The quantitative estimate of drug-likeness (QED) is 0.894. The van der Waals surface area contributed by atoms with Gasteiger partial charge < -0.3 is 10.6 Å². The van der Waals surface area contributed by atoms with E-state index < -0.39 is 6.04 Å². The lowest BCUT2D eigenvalue weighted by Gasteiger charge is -2.34. The summed E-state index contributed by atoms with van der Waals surface area (Å²) in [6, 6.07) is 5.60. The molecule has 0 bridgehead atoms. The molecule has 0 aliphatic heterocycles. The Kier molecular flexibility index (Phi) is 4.84. The minimum Gasteiger partial charge on any atom is -0.332 e. The second-order valence-electron chi connectivity index (χ2n) is 4.86. The summed E-state index contributed by atoms with van der Waals surface area (Å²) < 4.78 is 12.9. The van der Waals surface area contributed by atoms with Gasteiger partial charge in [0.15, 0.2) is 0 Å². The van der Waals surface area contributed by atoms with Gasteiger partial charge in [-0.15, -0.1) is 0 Å². The predicted octanol–water partition coefficient (Wildman–Crippen LogP) is 2.47. The molecule has 2 atom stereocenters. The van der Waals surface area contributed by atoms with Crippen LogP contribution in [-0.2, 0) is 4.79 Å². The third-order valence-corrected chi connectivity index (χ3v) is 2.97. The highest BCUT2D eigenvalue weighted by atomic mass is 19.1. The number of hydrogen-bond acceptors (Lipinski definition) is 2. The first-order valence-corrected chi connectivity index (χ1v) is 6.17. The molecule has 0 aliphatic rings. The van der Waals surface area contributed by atoms with Crippen LogP contribution >= 0.6 is 0 Å². The van der Waals surface area contributed by atoms with Crippen LogP contribution < -0.4 is 5.73 Å². The van der Waals surface area contributed by atoms with E-state index in [0.717, 1.165) is 5.56 Å². The molecule has 0 heterocycles. The van der Waals surface area contributed by atoms with Crippen molar-refractivity contribution in [2.45, 2.75) is 45.8 Å². The van der Waals surface area contributed by atoms with E-state index in [9.17, 15) is 9.18 Å². The van der Waals surface area contributed by atoms with Gasteiger partial charge in [-0.05, 0) is 45.4 Å². The average molecular weight is 252 g/mol. The van der Waals surface area contributed by atoms with Crippen molar-refractivity contribution in [3.8, 4) is 0 Å². The van der Waals surface area contributed by atoms with Gasteiger partial charge in [0.05, 0.1) is 12.1 Å². The Bertz CT molecular complexity index is 401. The molecule has 2 N–H and O–H groups in total. The van der Waals surface area contributed by atoms with Crippen LogP contribution in [0.2, 0.25) is 0 Å². The molecule has 1 rings (SSSR count). The topological polar surface area (TPSA) is 46.3 Å². The molecule has 1 aromatic rings. The Hall–Kier alpha value is -1.42. The minimum atomic E-state index is -0.532. The number of carbonyl (C=O) groups is 1. The van der Waals surface area contributed by atoms with Crippen molar-refractivity contribution < 1.29 is 9.18 Å². The summed E-state index contributed by atoms with van der Waals surface area (Å²) in [6.07, 6.45) is 0. The summed E-state index contributed by atoms with van der Waals surface area (Å²) >= 11 is 0. The third-order valence-electron chi connectivity index (χ3n) is 2.97. The smallest absolute Gasteiger partial charge is 0.239 e. The van der Waals surface area contributed by atoms with Crippen molar-refractivity contribution in [2.24, 2.45) is 5.73 Å². The van der Waals surface area contributed by atoms with Gasteiger partial charge in [0.1, 0.15) is 5.82 Å². The molecule has 0 aromatic heterocycles. The van der Waals surface area contributed by atoms with Crippen LogP contribution in [0.1, 0.15) is 39.3 Å². The lowest BCUT2D eigenvalue weighted by Crippen LogP contribution is -2.46. The van der Waals surface area contributed by atoms with E-state index in [-0.39, 0.29) is 23.8 Å². The van der Waals surface area contributed by atoms with Crippen LogP contribution in [-0.4, -0.2) is 22.9 Å². The lowest BCUT2D eigenvalue weighted by molar-refractivity contribution is -0.136. The number of amides is 1. The summed E-state index contributed by atoms with van der Waals surface area (Å²) in [6.45, 7) is 7.49. The fraction of sp³-hybridized carbons (Fsp3) is 0.500. The second-order valence-corrected chi connectivity index (χ2v) is 4.86. The molecule has 0 aliphatic carbocycles. The number of rotatable bonds is 4. The first-order valence-electron chi connectivity index (χ1n) is 6.17. The van der Waals surface area contributed by atoms with Crippen molar-refractivity contribution in [3.63, 3.8) is 0 Å². The highest BCUT2D eigenvalue weighted by molar-refractivity contribution is 5.81. The zero-order chi connectivity index (χ0) is 13.9. The lowest BCUT2D eigenvalue weighted by atomic mass is 10.0. The summed E-state index contributed by atoms with van der Waals surface area (Å²) in [7, 11) is 0. The number of benzene rings is 1. The molecule has 3 nitrogen and oxygen atoms in total. The van der Waals surface area contributed by atoms with Gasteiger partial charge >= 0.3 is 0 Å². The van der Waals surface area contributed by atoms with Gasteiger partial charge in [-0.25, -0.2) is 4.39 Å². The zero-order valence-corrected chi connectivity index (χ0v) is 11.4. The molecule has 0 unspecified atom stereocenters. The highest BCUT2D eigenvalue weighted by Gasteiger charge is 2.26. The normalized spacial score (nSPS) is 14.4. The maximum Gasteiger partial charge on any atom is 0.239 e. The monoisotopic (exact) mass is 252 g/mol. The fourth-order valence-corrected chi connectivity index (χ4v) is 2.03. The van der Waals surface area contributed by atoms with E-state index in [1.54, 1.807) is 24.0 Å². The van der Waals surface area contributed by atoms with Crippen LogP contribution in [0.4, 0.5) is 4.39 Å². The van der Waals surface area contributed by atoms with E-state index in [4.69, 9.17) is 5.73 Å². The molecule has 1 aromatic carbocycles. The van der Waals surface area contributed by atoms with Gasteiger partial charge in [0.25, 0.3) is 0 Å². The Morgan fingerprint density at radius 3 is 2.06 bits per heavy atom. The maximum atomic E-state index is 12.9. The number of carbonyl (C=O) groups excluding carboxylic acids is 1. The SMILES string of the molecule is CC(C)N(C(=O)[C@H](C)N)[C@H](C)c1ccc(F)cc1. The molecule has 0 radical (unpaired) electrons. The van der Waals surface area contributed by atoms with Gasteiger partial charge in [0, 0.05) is 6.04 Å². The van der Waals surface area contributed by atoms with E-state index in [1.165, 1.54) is 12.1 Å². The summed E-state index contributed by atoms with van der Waals surface area (Å²) in [5, 5.41) is 0. The molecule has 0 saturated carbocycles. The zero-order valence-electron chi connectivity index (χ0n) is 11.4. The number of nitrogens with zero attached hydrogens (tertiary/aromatic N) is 1. The van der Waals surface area contributed by atoms with Crippen LogP contribution in [0, 0.1) is 5.82 Å². The van der Waals surface area contributed by atoms with Crippen LogP contribution in [0.25, 0.3) is 0 Å². The van der Waals surface area contributed by atoms with Crippen molar-refractivity contribution >= 4 is 5.91 Å². The predicted molar refractivity (Wildman–Crippen MR) is 70.4 cm³/mol. The van der Waals surface area contributed by atoms with Crippen LogP contribution in [0.3, 0.4) is 0 Å². The third kappa shape index (κ3) is 3.29. The van der Waals surface area contributed by atoms with Crippen LogP contribution in [0.15, 0.2) is 24.3 Å². The molecule has 18 heavy (non-hydrogen) atoms. The first-order chi connectivity index (χ1) is 8.34. The van der Waals surface area contributed by atoms with Gasteiger partial charge in [0.2, 0.25) is 5.91 Å². The largest absolute Gasteiger partial charge is 0.332 e. The van der Waals surface area contributed by atoms with Crippen molar-refractivity contribution in [1.29, 1.82) is 0 Å². The second kappa shape index (κ2) is 5.96. The molecule has 0 saturated heterocycles. The number of hydrogen-bond donors (Lipinski definition) is 1. The molecule has 4 heteroatoms. The Morgan fingerprint density at radius 2 is 1.67 bits per heavy atom. The van der Waals surface area contributed by atoms with Crippen molar-refractivity contribution in [3.05, 3.63) is 35.6 Å². The minimum absolute atomic E-state index is 0.0450. The Balaban J connectivity index is 2.99. The molecule has 100 valence electrons.